The molecule has 0 saturated carbocycles. The predicted molar refractivity (Wildman–Crippen MR) is 93.9 cm³/mol. The number of hydrogen-bond donors (Lipinski definition) is 3. The Morgan fingerprint density at radius 2 is 2.20 bits per heavy atom. The van der Waals surface area contributed by atoms with Crippen molar-refractivity contribution in [3.63, 3.8) is 0 Å². The molecule has 1 saturated heterocycles. The van der Waals surface area contributed by atoms with Crippen LogP contribution in [-0.2, 0) is 11.3 Å². The van der Waals surface area contributed by atoms with Gasteiger partial charge < -0.3 is 16.0 Å². The SMILES string of the molecule is CC(NC(=O)NC1CCCNC1=O)c1cnn(Cc2ccccc2)c1. The smallest absolute Gasteiger partial charge is 0.315 e. The van der Waals surface area contributed by atoms with E-state index in [1.54, 1.807) is 6.20 Å². The van der Waals surface area contributed by atoms with E-state index in [9.17, 15) is 9.59 Å². The van der Waals surface area contributed by atoms with Crippen LogP contribution in [0.4, 0.5) is 4.79 Å². The van der Waals surface area contributed by atoms with Gasteiger partial charge in [-0.1, -0.05) is 30.3 Å². The zero-order valence-electron chi connectivity index (χ0n) is 14.2. The molecular formula is C18H23N5O2. The van der Waals surface area contributed by atoms with Gasteiger partial charge in [-0.2, -0.15) is 5.10 Å². The lowest BCUT2D eigenvalue weighted by molar-refractivity contribution is -0.124. The normalized spacial score (nSPS) is 18.3. The number of amides is 3. The van der Waals surface area contributed by atoms with Crippen molar-refractivity contribution < 1.29 is 9.59 Å². The Morgan fingerprint density at radius 1 is 1.40 bits per heavy atom. The summed E-state index contributed by atoms with van der Waals surface area (Å²) in [6.07, 6.45) is 5.22. The van der Waals surface area contributed by atoms with Crippen LogP contribution in [0, 0.1) is 0 Å². The molecular weight excluding hydrogens is 318 g/mol. The van der Waals surface area contributed by atoms with Gasteiger partial charge in [-0.25, -0.2) is 4.79 Å². The lowest BCUT2D eigenvalue weighted by Gasteiger charge is -2.23. The molecule has 2 aromatic rings. The molecule has 0 radical (unpaired) electrons. The Morgan fingerprint density at radius 3 is 2.96 bits per heavy atom. The van der Waals surface area contributed by atoms with Gasteiger partial charge in [0.05, 0.1) is 18.8 Å². The monoisotopic (exact) mass is 341 g/mol. The summed E-state index contributed by atoms with van der Waals surface area (Å²) in [5.74, 6) is -0.121. The number of nitrogens with one attached hydrogen (secondary N) is 3. The number of aromatic nitrogens is 2. The summed E-state index contributed by atoms with van der Waals surface area (Å²) < 4.78 is 1.84. The summed E-state index contributed by atoms with van der Waals surface area (Å²) in [5, 5.41) is 12.7. The van der Waals surface area contributed by atoms with Crippen molar-refractivity contribution in [3.8, 4) is 0 Å². The molecule has 1 aliphatic heterocycles. The highest BCUT2D eigenvalue weighted by atomic mass is 16.2. The first-order valence-electron chi connectivity index (χ1n) is 8.53. The molecule has 0 bridgehead atoms. The Labute approximate surface area is 146 Å². The van der Waals surface area contributed by atoms with Crippen molar-refractivity contribution in [2.24, 2.45) is 0 Å². The minimum absolute atomic E-state index is 0.121. The molecule has 3 N–H and O–H groups in total. The van der Waals surface area contributed by atoms with E-state index < -0.39 is 6.04 Å². The molecule has 1 aliphatic rings. The lowest BCUT2D eigenvalue weighted by atomic mass is 10.1. The maximum Gasteiger partial charge on any atom is 0.315 e. The third kappa shape index (κ3) is 4.59. The van der Waals surface area contributed by atoms with Crippen LogP contribution >= 0.6 is 0 Å². The molecule has 1 fully saturated rings. The summed E-state index contributed by atoms with van der Waals surface area (Å²) in [6, 6.07) is 9.07. The quantitative estimate of drug-likeness (QED) is 0.771. The third-order valence-corrected chi connectivity index (χ3v) is 4.28. The molecule has 7 heteroatoms. The highest BCUT2D eigenvalue weighted by Crippen LogP contribution is 2.12. The van der Waals surface area contributed by atoms with E-state index in [0.717, 1.165) is 12.0 Å². The molecule has 2 atom stereocenters. The van der Waals surface area contributed by atoms with Gasteiger partial charge in [0, 0.05) is 18.3 Å². The van der Waals surface area contributed by atoms with Crippen LogP contribution in [0.3, 0.4) is 0 Å². The van der Waals surface area contributed by atoms with Gasteiger partial charge in [-0.05, 0) is 25.3 Å². The first kappa shape index (κ1) is 17.0. The molecule has 3 rings (SSSR count). The van der Waals surface area contributed by atoms with Gasteiger partial charge in [0.15, 0.2) is 0 Å². The number of hydrogen-bond acceptors (Lipinski definition) is 3. The second-order valence-electron chi connectivity index (χ2n) is 6.28. The Kier molecular flexibility index (Phi) is 5.33. The van der Waals surface area contributed by atoms with Crippen molar-refractivity contribution in [1.82, 2.24) is 25.7 Å². The van der Waals surface area contributed by atoms with Crippen LogP contribution in [0.5, 0.6) is 0 Å². The minimum Gasteiger partial charge on any atom is -0.354 e. The van der Waals surface area contributed by atoms with E-state index >= 15 is 0 Å². The first-order chi connectivity index (χ1) is 12.1. The van der Waals surface area contributed by atoms with Crippen LogP contribution in [-0.4, -0.2) is 34.3 Å². The minimum atomic E-state index is -0.457. The molecule has 0 spiro atoms. The summed E-state index contributed by atoms with van der Waals surface area (Å²) in [7, 11) is 0. The maximum absolute atomic E-state index is 12.1. The van der Waals surface area contributed by atoms with Gasteiger partial charge in [0.25, 0.3) is 0 Å². The molecule has 25 heavy (non-hydrogen) atoms. The van der Waals surface area contributed by atoms with Gasteiger partial charge in [0.1, 0.15) is 6.04 Å². The fraction of sp³-hybridized carbons (Fsp3) is 0.389. The van der Waals surface area contributed by atoms with Crippen LogP contribution in [0.2, 0.25) is 0 Å². The second-order valence-corrected chi connectivity index (χ2v) is 6.28. The van der Waals surface area contributed by atoms with Gasteiger partial charge >= 0.3 is 6.03 Å². The predicted octanol–water partition coefficient (Wildman–Crippen LogP) is 1.57. The zero-order valence-corrected chi connectivity index (χ0v) is 14.2. The molecule has 7 nitrogen and oxygen atoms in total. The van der Waals surface area contributed by atoms with Crippen LogP contribution in [0.25, 0.3) is 0 Å². The summed E-state index contributed by atoms with van der Waals surface area (Å²) in [5.41, 5.74) is 2.08. The number of nitrogens with zero attached hydrogens (tertiary/aromatic N) is 2. The summed E-state index contributed by atoms with van der Waals surface area (Å²) in [4.78, 5) is 23.8. The number of benzene rings is 1. The zero-order chi connectivity index (χ0) is 17.6. The Hall–Kier alpha value is -2.83. The Bertz CT molecular complexity index is 728. The maximum atomic E-state index is 12.1. The van der Waals surface area contributed by atoms with Gasteiger partial charge in [-0.15, -0.1) is 0 Å². The largest absolute Gasteiger partial charge is 0.354 e. The molecule has 3 amide bonds. The van der Waals surface area contributed by atoms with Crippen molar-refractivity contribution in [2.45, 2.75) is 38.4 Å². The number of carbonyl (C=O) groups is 2. The van der Waals surface area contributed by atoms with Gasteiger partial charge in [-0.3, -0.25) is 9.48 Å². The van der Waals surface area contributed by atoms with E-state index in [0.29, 0.717) is 19.5 Å². The van der Waals surface area contributed by atoms with Crippen LogP contribution in [0.1, 0.15) is 36.9 Å². The van der Waals surface area contributed by atoms with E-state index in [4.69, 9.17) is 0 Å². The lowest BCUT2D eigenvalue weighted by Crippen LogP contribution is -2.52. The van der Waals surface area contributed by atoms with E-state index in [1.165, 1.54) is 5.56 Å². The molecule has 1 aromatic heterocycles. The van der Waals surface area contributed by atoms with Crippen molar-refractivity contribution in [3.05, 3.63) is 53.9 Å². The first-order valence-corrected chi connectivity index (χ1v) is 8.53. The summed E-state index contributed by atoms with van der Waals surface area (Å²) in [6.45, 7) is 3.25. The molecule has 132 valence electrons. The molecule has 2 unspecified atom stereocenters. The van der Waals surface area contributed by atoms with E-state index in [-0.39, 0.29) is 18.0 Å². The average molecular weight is 341 g/mol. The van der Waals surface area contributed by atoms with E-state index in [2.05, 4.69) is 21.0 Å². The molecule has 1 aromatic carbocycles. The molecule has 0 aliphatic carbocycles. The number of urea groups is 1. The van der Waals surface area contributed by atoms with Gasteiger partial charge in [0.2, 0.25) is 5.91 Å². The number of carbonyl (C=O) groups excluding carboxylic acids is 2. The fourth-order valence-electron chi connectivity index (χ4n) is 2.85. The van der Waals surface area contributed by atoms with E-state index in [1.807, 2.05) is 48.1 Å². The highest BCUT2D eigenvalue weighted by Gasteiger charge is 2.24. The molecule has 2 heterocycles. The fourth-order valence-corrected chi connectivity index (χ4v) is 2.85. The van der Waals surface area contributed by atoms with Crippen LogP contribution < -0.4 is 16.0 Å². The topological polar surface area (TPSA) is 88.1 Å². The third-order valence-electron chi connectivity index (χ3n) is 4.28. The number of rotatable bonds is 5. The van der Waals surface area contributed by atoms with Crippen molar-refractivity contribution in [2.75, 3.05) is 6.54 Å². The van der Waals surface area contributed by atoms with Crippen molar-refractivity contribution in [1.29, 1.82) is 0 Å². The highest BCUT2D eigenvalue weighted by molar-refractivity contribution is 5.87. The second kappa shape index (κ2) is 7.83. The number of piperidine rings is 1. The standard InChI is InChI=1S/C18H23N5O2/c1-13(21-18(25)22-16-8-5-9-19-17(16)24)15-10-20-23(12-15)11-14-6-3-2-4-7-14/h2-4,6-7,10,12-13,16H,5,8-9,11H2,1H3,(H,19,24)(H2,21,22,25). The average Bonchev–Trinajstić information content (AvgIpc) is 3.06. The van der Waals surface area contributed by atoms with Crippen molar-refractivity contribution >= 4 is 11.9 Å². The summed E-state index contributed by atoms with van der Waals surface area (Å²) >= 11 is 0. The van der Waals surface area contributed by atoms with Crippen LogP contribution in [0.15, 0.2) is 42.7 Å². The Balaban J connectivity index is 1.53.